The molecule has 4 atom stereocenters. The van der Waals surface area contributed by atoms with Crippen LogP contribution in [0.5, 0.6) is 0 Å². The Morgan fingerprint density at radius 3 is 2.39 bits per heavy atom. The van der Waals surface area contributed by atoms with Gasteiger partial charge in [0, 0.05) is 51.4 Å². The molecule has 2 aromatic carbocycles. The summed E-state index contributed by atoms with van der Waals surface area (Å²) in [5.41, 5.74) is 18.6. The van der Waals surface area contributed by atoms with E-state index in [-0.39, 0.29) is 5.41 Å². The molecule has 12 rings (SSSR count). The number of allylic oxidation sites excluding steroid dienone is 18. The van der Waals surface area contributed by atoms with E-state index in [0.29, 0.717) is 23.8 Å². The van der Waals surface area contributed by atoms with E-state index in [4.69, 9.17) is 4.99 Å². The fraction of sp³-hybridized carbons (Fsp3) is 0.315. The third kappa shape index (κ3) is 5.06. The van der Waals surface area contributed by atoms with E-state index in [9.17, 15) is 0 Å². The van der Waals surface area contributed by atoms with Crippen molar-refractivity contribution >= 4 is 39.8 Å². The lowest BCUT2D eigenvalue weighted by atomic mass is 9.71. The lowest BCUT2D eigenvalue weighted by molar-refractivity contribution is 0.423. The Morgan fingerprint density at radius 1 is 0.702 bits per heavy atom. The van der Waals surface area contributed by atoms with E-state index < -0.39 is 0 Å². The van der Waals surface area contributed by atoms with Gasteiger partial charge >= 0.3 is 0 Å². The Morgan fingerprint density at radius 2 is 1.51 bits per heavy atom. The Kier molecular flexibility index (Phi) is 7.57. The summed E-state index contributed by atoms with van der Waals surface area (Å²) in [5, 5.41) is 2.79. The molecule has 0 amide bonds. The van der Waals surface area contributed by atoms with Gasteiger partial charge in [0.2, 0.25) is 0 Å². The maximum atomic E-state index is 5.58. The molecule has 0 bridgehead atoms. The molecule has 2 aromatic heterocycles. The molecule has 4 unspecified atom stereocenters. The second-order valence-corrected chi connectivity index (χ2v) is 18.2. The van der Waals surface area contributed by atoms with Crippen LogP contribution in [0.3, 0.4) is 0 Å². The summed E-state index contributed by atoms with van der Waals surface area (Å²) >= 11 is 0. The highest BCUT2D eigenvalue weighted by molar-refractivity contribution is 6.03. The van der Waals surface area contributed by atoms with E-state index in [2.05, 4.69) is 151 Å². The van der Waals surface area contributed by atoms with Gasteiger partial charge in [-0.3, -0.25) is 4.57 Å². The molecule has 0 spiro atoms. The minimum atomic E-state index is 0.0969. The first kappa shape index (κ1) is 33.7. The van der Waals surface area contributed by atoms with Crippen LogP contribution in [0.1, 0.15) is 93.8 Å². The van der Waals surface area contributed by atoms with E-state index in [1.165, 1.54) is 85.4 Å². The zero-order chi connectivity index (χ0) is 37.8. The highest BCUT2D eigenvalue weighted by Gasteiger charge is 2.46. The highest BCUT2D eigenvalue weighted by Crippen LogP contribution is 2.58. The Balaban J connectivity index is 0.956. The predicted octanol–water partition coefficient (Wildman–Crippen LogP) is 13.5. The van der Waals surface area contributed by atoms with Crippen LogP contribution in [0.4, 0.5) is 0 Å². The van der Waals surface area contributed by atoms with Crippen LogP contribution in [-0.4, -0.2) is 15.0 Å². The molecule has 1 fully saturated rings. The summed E-state index contributed by atoms with van der Waals surface area (Å²) in [6.07, 6.45) is 46.7. The maximum absolute atomic E-state index is 5.58. The number of aliphatic imine (C=N–C) groups is 1. The number of fused-ring (bicyclic) bond motifs is 10. The van der Waals surface area contributed by atoms with Crippen molar-refractivity contribution in [3.05, 3.63) is 166 Å². The number of aryl methyl sites for hydroxylation is 2. The molecule has 7 aliphatic carbocycles. The van der Waals surface area contributed by atoms with Crippen molar-refractivity contribution < 1.29 is 0 Å². The fourth-order valence-electron chi connectivity index (χ4n) is 12.1. The lowest BCUT2D eigenvalue weighted by Crippen LogP contribution is -2.31. The van der Waals surface area contributed by atoms with Crippen LogP contribution in [0.25, 0.3) is 45.1 Å². The van der Waals surface area contributed by atoms with Gasteiger partial charge in [-0.1, -0.05) is 111 Å². The average molecular weight is 742 g/mol. The van der Waals surface area contributed by atoms with Crippen molar-refractivity contribution in [1.29, 1.82) is 0 Å². The molecule has 3 nitrogen and oxygen atoms in total. The van der Waals surface area contributed by atoms with Gasteiger partial charge in [-0.05, 0) is 139 Å². The normalized spacial score (nSPS) is 26.5. The van der Waals surface area contributed by atoms with Gasteiger partial charge in [0.15, 0.2) is 0 Å². The third-order valence-electron chi connectivity index (χ3n) is 14.8. The number of hydrogen-bond acceptors (Lipinski definition) is 1. The van der Waals surface area contributed by atoms with Crippen molar-refractivity contribution in [1.82, 2.24) is 9.13 Å². The summed E-state index contributed by atoms with van der Waals surface area (Å²) in [5.74, 6) is 2.56. The summed E-state index contributed by atoms with van der Waals surface area (Å²) in [6, 6.07) is 14.9. The van der Waals surface area contributed by atoms with Crippen LogP contribution >= 0.6 is 0 Å². The van der Waals surface area contributed by atoms with E-state index in [1.54, 1.807) is 16.7 Å². The zero-order valence-corrected chi connectivity index (χ0v) is 33.3. The lowest BCUT2D eigenvalue weighted by Gasteiger charge is -2.37. The predicted molar refractivity (Wildman–Crippen MR) is 239 cm³/mol. The third-order valence-corrected chi connectivity index (χ3v) is 14.8. The van der Waals surface area contributed by atoms with E-state index in [1.807, 2.05) is 0 Å². The standard InChI is InChI=1S/C54H51N3/c1-54(2)46-20-10-6-16-38(46)39-27-25-36(31-47(39)54)44-33-53(55-48-21-11-7-17-40(44)48)57-50-23-13-9-19-42(50)45-30-34(26-29-51(45)57)35-24-28-43-41-18-8-12-22-49(41)56(52(43)32-35)37-14-4-3-5-15-37/h3-5,7,11-14,16,20-26,28-32,37,39-40,44H,6,8-10,15,17-19,27,33H2,1-2H3. The molecule has 8 aliphatic rings. The first-order valence-corrected chi connectivity index (χ1v) is 21.8. The van der Waals surface area contributed by atoms with Gasteiger partial charge in [0.25, 0.3) is 0 Å². The molecule has 3 heterocycles. The number of aromatic nitrogens is 2. The minimum Gasteiger partial charge on any atom is -0.333 e. The second kappa shape index (κ2) is 12.8. The molecular formula is C54H51N3. The maximum Gasteiger partial charge on any atom is 0.114 e. The smallest absolute Gasteiger partial charge is 0.114 e. The van der Waals surface area contributed by atoms with E-state index in [0.717, 1.165) is 51.4 Å². The van der Waals surface area contributed by atoms with Gasteiger partial charge in [0.1, 0.15) is 5.84 Å². The van der Waals surface area contributed by atoms with Crippen LogP contribution in [0, 0.1) is 23.2 Å². The fourth-order valence-corrected chi connectivity index (χ4v) is 12.1. The summed E-state index contributed by atoms with van der Waals surface area (Å²) < 4.78 is 5.16. The van der Waals surface area contributed by atoms with Gasteiger partial charge in [-0.25, -0.2) is 4.99 Å². The minimum absolute atomic E-state index is 0.0969. The second-order valence-electron chi connectivity index (χ2n) is 18.2. The summed E-state index contributed by atoms with van der Waals surface area (Å²) in [7, 11) is 0. The Labute approximate surface area is 337 Å². The van der Waals surface area contributed by atoms with Crippen molar-refractivity contribution in [2.45, 2.75) is 84.1 Å². The molecule has 0 saturated heterocycles. The summed E-state index contributed by atoms with van der Waals surface area (Å²) in [4.78, 5) is 5.58. The number of benzene rings is 2. The van der Waals surface area contributed by atoms with Gasteiger partial charge in [0.05, 0.1) is 17.3 Å². The molecule has 0 N–H and O–H groups in total. The van der Waals surface area contributed by atoms with E-state index >= 15 is 0 Å². The topological polar surface area (TPSA) is 22.2 Å². The molecular weight excluding hydrogens is 691 g/mol. The summed E-state index contributed by atoms with van der Waals surface area (Å²) in [6.45, 7) is 4.94. The molecule has 282 valence electrons. The van der Waals surface area contributed by atoms with Crippen LogP contribution in [0.15, 0.2) is 148 Å². The van der Waals surface area contributed by atoms with Crippen molar-refractivity contribution in [2.75, 3.05) is 0 Å². The molecule has 3 heteroatoms. The Hall–Kier alpha value is -5.41. The van der Waals surface area contributed by atoms with Crippen LogP contribution in [0.2, 0.25) is 0 Å². The van der Waals surface area contributed by atoms with Crippen LogP contribution in [-0.2, 0) is 12.8 Å². The average Bonchev–Trinajstić information content (AvgIpc) is 3.86. The number of rotatable bonds is 3. The van der Waals surface area contributed by atoms with Gasteiger partial charge in [-0.15, -0.1) is 0 Å². The molecule has 57 heavy (non-hydrogen) atoms. The molecule has 4 aromatic rings. The number of hydrogen-bond donors (Lipinski definition) is 0. The van der Waals surface area contributed by atoms with Gasteiger partial charge in [-0.2, -0.15) is 0 Å². The quantitative estimate of drug-likeness (QED) is 0.200. The Bertz CT molecular complexity index is 2780. The molecule has 1 aliphatic heterocycles. The SMILES string of the molecule is CC1(C)C2=CCCC=C2C2CC=C(C3CC(n4c5c(c6cc(-c7ccc8c9c(n(C%10C=CC=CC%10)c8c7)C=CCC9)ccc64)CCC=C5)=NC4=CC=CCC43)C=C21. The van der Waals surface area contributed by atoms with Crippen molar-refractivity contribution in [2.24, 2.45) is 28.2 Å². The van der Waals surface area contributed by atoms with Gasteiger partial charge < -0.3 is 4.57 Å². The zero-order valence-electron chi connectivity index (χ0n) is 33.3. The number of nitrogens with zero attached hydrogens (tertiary/aromatic N) is 3. The molecule has 1 saturated carbocycles. The highest BCUT2D eigenvalue weighted by atomic mass is 15.1. The first-order valence-electron chi connectivity index (χ1n) is 21.8. The van der Waals surface area contributed by atoms with Crippen molar-refractivity contribution in [3.63, 3.8) is 0 Å². The molecule has 0 radical (unpaired) electrons. The first-order chi connectivity index (χ1) is 28.0. The monoisotopic (exact) mass is 741 g/mol. The largest absolute Gasteiger partial charge is 0.333 e. The van der Waals surface area contributed by atoms with Crippen LogP contribution < -0.4 is 0 Å². The van der Waals surface area contributed by atoms with Crippen molar-refractivity contribution in [3.8, 4) is 11.1 Å².